The van der Waals surface area contributed by atoms with Gasteiger partial charge in [-0.15, -0.1) is 11.3 Å². The van der Waals surface area contributed by atoms with Crippen LogP contribution >= 0.6 is 11.3 Å². The van der Waals surface area contributed by atoms with Crippen molar-refractivity contribution in [2.45, 2.75) is 19.9 Å². The molecule has 96 valence electrons. The van der Waals surface area contributed by atoms with E-state index in [1.165, 1.54) is 15.9 Å². The number of carbonyl (C=O) groups is 1. The number of hydrogen-bond acceptors (Lipinski definition) is 5. The number of rotatable bonds is 5. The second-order valence-corrected chi connectivity index (χ2v) is 4.63. The first-order valence-corrected chi connectivity index (χ1v) is 6.47. The molecule has 0 aliphatic rings. The van der Waals surface area contributed by atoms with Crippen molar-refractivity contribution in [3.05, 3.63) is 28.1 Å². The smallest absolute Gasteiger partial charge is 0.355 e. The summed E-state index contributed by atoms with van der Waals surface area (Å²) in [6.07, 6.45) is 0.849. The lowest BCUT2D eigenvalue weighted by molar-refractivity contribution is -0.121. The normalized spacial score (nSPS) is 10.5. The first-order valence-electron chi connectivity index (χ1n) is 5.59. The number of carbonyl (C=O) groups excluding carboxylic acids is 1. The fraction of sp³-hybridized carbons (Fsp3) is 0.364. The van der Waals surface area contributed by atoms with Crippen LogP contribution in [-0.2, 0) is 11.3 Å². The van der Waals surface area contributed by atoms with E-state index in [0.29, 0.717) is 12.4 Å². The van der Waals surface area contributed by atoms with Gasteiger partial charge in [0.15, 0.2) is 5.82 Å². The molecule has 0 unspecified atom stereocenters. The molecule has 0 atom stereocenters. The van der Waals surface area contributed by atoms with E-state index in [4.69, 9.17) is 0 Å². The Labute approximate surface area is 107 Å². The molecule has 2 aromatic heterocycles. The van der Waals surface area contributed by atoms with E-state index < -0.39 is 5.76 Å². The zero-order chi connectivity index (χ0) is 13.0. The summed E-state index contributed by atoms with van der Waals surface area (Å²) in [4.78, 5) is 23.9. The third kappa shape index (κ3) is 2.67. The fourth-order valence-corrected chi connectivity index (χ4v) is 2.17. The molecule has 2 rings (SSSR count). The molecule has 2 heterocycles. The summed E-state index contributed by atoms with van der Waals surface area (Å²) in [7, 11) is 0. The summed E-state index contributed by atoms with van der Waals surface area (Å²) in [6.45, 7) is 2.48. The predicted molar refractivity (Wildman–Crippen MR) is 67.4 cm³/mol. The Balaban J connectivity index is 2.20. The van der Waals surface area contributed by atoms with Gasteiger partial charge in [-0.3, -0.25) is 9.32 Å². The zero-order valence-corrected chi connectivity index (χ0v) is 10.7. The van der Waals surface area contributed by atoms with Crippen LogP contribution in [0.1, 0.15) is 13.3 Å². The molecular formula is C11H13N3O3S. The average molecular weight is 267 g/mol. The van der Waals surface area contributed by atoms with Crippen LogP contribution in [0, 0.1) is 0 Å². The largest absolute Gasteiger partial charge is 0.442 e. The Morgan fingerprint density at radius 1 is 1.61 bits per heavy atom. The maximum atomic E-state index is 11.6. The minimum absolute atomic E-state index is 0.0738. The summed E-state index contributed by atoms with van der Waals surface area (Å²) in [5.74, 6) is -0.452. The first-order chi connectivity index (χ1) is 8.72. The molecule has 0 bridgehead atoms. The molecule has 0 aliphatic carbocycles. The van der Waals surface area contributed by atoms with Crippen molar-refractivity contribution >= 4 is 17.2 Å². The van der Waals surface area contributed by atoms with Crippen LogP contribution in [-0.4, -0.2) is 22.2 Å². The van der Waals surface area contributed by atoms with E-state index in [0.717, 1.165) is 11.3 Å². The van der Waals surface area contributed by atoms with Crippen LogP contribution in [0.2, 0.25) is 0 Å². The molecule has 0 aromatic carbocycles. The summed E-state index contributed by atoms with van der Waals surface area (Å²) in [6, 6.07) is 3.67. The van der Waals surface area contributed by atoms with Crippen LogP contribution in [0.3, 0.4) is 0 Å². The Hall–Kier alpha value is -1.89. The number of hydrogen-bond donors (Lipinski definition) is 1. The van der Waals surface area contributed by atoms with E-state index >= 15 is 0 Å². The highest BCUT2D eigenvalue weighted by atomic mass is 32.1. The molecule has 0 radical (unpaired) electrons. The van der Waals surface area contributed by atoms with Crippen LogP contribution in [0.25, 0.3) is 10.7 Å². The lowest BCUT2D eigenvalue weighted by Gasteiger charge is -2.04. The number of thiophene rings is 1. The van der Waals surface area contributed by atoms with Crippen LogP contribution in [0.4, 0.5) is 0 Å². The molecule has 0 fully saturated rings. The van der Waals surface area contributed by atoms with Gasteiger partial charge in [0, 0.05) is 6.54 Å². The molecule has 1 N–H and O–H groups in total. The third-order valence-electron chi connectivity index (χ3n) is 2.30. The SMILES string of the molecule is CCCNC(=O)Cn1c(-c2cccs2)noc1=O. The standard InChI is InChI=1S/C11H13N3O3S/c1-2-5-12-9(15)7-14-10(13-17-11(14)16)8-4-3-6-18-8/h3-4,6H,2,5,7H2,1H3,(H,12,15). The van der Waals surface area contributed by atoms with Gasteiger partial charge in [0.25, 0.3) is 0 Å². The van der Waals surface area contributed by atoms with Gasteiger partial charge in [-0.2, -0.15) is 0 Å². The molecule has 0 aliphatic heterocycles. The zero-order valence-electron chi connectivity index (χ0n) is 9.88. The highest BCUT2D eigenvalue weighted by molar-refractivity contribution is 7.13. The number of nitrogens with zero attached hydrogens (tertiary/aromatic N) is 2. The molecule has 18 heavy (non-hydrogen) atoms. The monoisotopic (exact) mass is 267 g/mol. The number of nitrogens with one attached hydrogen (secondary N) is 1. The van der Waals surface area contributed by atoms with Gasteiger partial charge < -0.3 is 5.32 Å². The predicted octanol–water partition coefficient (Wildman–Crippen LogP) is 1.09. The van der Waals surface area contributed by atoms with Crippen LogP contribution in [0.15, 0.2) is 26.8 Å². The Bertz CT molecular complexity index is 571. The van der Waals surface area contributed by atoms with Gasteiger partial charge in [0.05, 0.1) is 4.88 Å². The van der Waals surface area contributed by atoms with Gasteiger partial charge in [0.1, 0.15) is 6.54 Å². The summed E-state index contributed by atoms with van der Waals surface area (Å²) in [5.41, 5.74) is 0. The van der Waals surface area contributed by atoms with E-state index in [1.807, 2.05) is 24.4 Å². The van der Waals surface area contributed by atoms with Gasteiger partial charge >= 0.3 is 5.76 Å². The quantitative estimate of drug-likeness (QED) is 0.879. The van der Waals surface area contributed by atoms with E-state index in [9.17, 15) is 9.59 Å². The van der Waals surface area contributed by atoms with Gasteiger partial charge in [-0.25, -0.2) is 9.36 Å². The number of aromatic nitrogens is 2. The molecular weight excluding hydrogens is 254 g/mol. The molecule has 6 nitrogen and oxygen atoms in total. The van der Waals surface area contributed by atoms with Crippen LogP contribution in [0.5, 0.6) is 0 Å². The minimum Gasteiger partial charge on any atom is -0.355 e. The lowest BCUT2D eigenvalue weighted by Crippen LogP contribution is -2.31. The topological polar surface area (TPSA) is 77.1 Å². The van der Waals surface area contributed by atoms with Gasteiger partial charge in [-0.1, -0.05) is 18.1 Å². The van der Waals surface area contributed by atoms with Crippen molar-refractivity contribution in [3.63, 3.8) is 0 Å². The molecule has 0 saturated heterocycles. The Morgan fingerprint density at radius 2 is 2.44 bits per heavy atom. The molecule has 0 saturated carbocycles. The summed E-state index contributed by atoms with van der Waals surface area (Å²) in [5, 5.41) is 8.27. The fourth-order valence-electron chi connectivity index (χ4n) is 1.45. The van der Waals surface area contributed by atoms with Crippen molar-refractivity contribution in [2.24, 2.45) is 0 Å². The molecule has 2 aromatic rings. The van der Waals surface area contributed by atoms with Gasteiger partial charge in [0.2, 0.25) is 5.91 Å². The highest BCUT2D eigenvalue weighted by Crippen LogP contribution is 2.21. The van der Waals surface area contributed by atoms with Crippen molar-refractivity contribution in [2.75, 3.05) is 6.54 Å². The van der Waals surface area contributed by atoms with E-state index in [2.05, 4.69) is 15.0 Å². The highest BCUT2D eigenvalue weighted by Gasteiger charge is 2.15. The second kappa shape index (κ2) is 5.63. The minimum atomic E-state index is -0.620. The first kappa shape index (κ1) is 12.6. The lowest BCUT2D eigenvalue weighted by atomic mass is 10.4. The Kier molecular flexibility index (Phi) is 3.93. The van der Waals surface area contributed by atoms with Crippen molar-refractivity contribution in [1.29, 1.82) is 0 Å². The summed E-state index contributed by atoms with van der Waals surface area (Å²) >= 11 is 1.43. The second-order valence-electron chi connectivity index (χ2n) is 3.69. The van der Waals surface area contributed by atoms with Crippen molar-refractivity contribution in [1.82, 2.24) is 15.0 Å². The molecule has 0 spiro atoms. The Morgan fingerprint density at radius 3 is 3.11 bits per heavy atom. The average Bonchev–Trinajstić information content (AvgIpc) is 2.98. The maximum Gasteiger partial charge on any atom is 0.442 e. The molecule has 7 heteroatoms. The van der Waals surface area contributed by atoms with E-state index in [1.54, 1.807) is 0 Å². The third-order valence-corrected chi connectivity index (χ3v) is 3.17. The molecule has 1 amide bonds. The van der Waals surface area contributed by atoms with Crippen molar-refractivity contribution < 1.29 is 9.32 Å². The van der Waals surface area contributed by atoms with Crippen LogP contribution < -0.4 is 11.1 Å². The number of amides is 1. The summed E-state index contributed by atoms with van der Waals surface area (Å²) < 4.78 is 5.84. The van der Waals surface area contributed by atoms with Crippen molar-refractivity contribution in [3.8, 4) is 10.7 Å². The van der Waals surface area contributed by atoms with Gasteiger partial charge in [-0.05, 0) is 17.9 Å². The van der Waals surface area contributed by atoms with E-state index in [-0.39, 0.29) is 12.5 Å². The maximum absolute atomic E-state index is 11.6.